The van der Waals surface area contributed by atoms with Crippen LogP contribution in [0.1, 0.15) is 104 Å². The molecule has 46 heavy (non-hydrogen) atoms. The van der Waals surface area contributed by atoms with Crippen LogP contribution in [0.4, 0.5) is 4.79 Å². The summed E-state index contributed by atoms with van der Waals surface area (Å²) in [6, 6.07) is 10.8. The molecule has 10 heteroatoms. The van der Waals surface area contributed by atoms with Crippen LogP contribution in [-0.4, -0.2) is 63.7 Å². The number of ether oxygens (including phenoxy) is 2. The minimum atomic E-state index is -1.32. The molecule has 10 nitrogen and oxygen atoms in total. The molecule has 0 bridgehead atoms. The van der Waals surface area contributed by atoms with Gasteiger partial charge in [-0.1, -0.05) is 74.7 Å². The topological polar surface area (TPSA) is 134 Å². The molecule has 3 atom stereocenters. The number of aryl methyl sites for hydroxylation is 1. The number of carbonyl (C=O) groups is 4. The van der Waals surface area contributed by atoms with Crippen molar-refractivity contribution in [2.45, 2.75) is 124 Å². The zero-order chi connectivity index (χ0) is 34.7. The van der Waals surface area contributed by atoms with Crippen molar-refractivity contribution in [3.05, 3.63) is 65.2 Å². The molecule has 0 saturated carbocycles. The first-order chi connectivity index (χ1) is 21.4. The second-order valence-corrected chi connectivity index (χ2v) is 13.7. The Balaban J connectivity index is 2.59. The van der Waals surface area contributed by atoms with Crippen molar-refractivity contribution in [3.8, 4) is 5.75 Å². The summed E-state index contributed by atoms with van der Waals surface area (Å²) in [5.41, 5.74) is -0.0706. The fourth-order valence-electron chi connectivity index (χ4n) is 4.89. The maximum Gasteiger partial charge on any atom is 0.408 e. The van der Waals surface area contributed by atoms with E-state index in [0.717, 1.165) is 24.8 Å². The van der Waals surface area contributed by atoms with Gasteiger partial charge in [0.05, 0.1) is 0 Å². The summed E-state index contributed by atoms with van der Waals surface area (Å²) in [6.45, 7) is 15.9. The Hall–Kier alpha value is -4.08. The summed E-state index contributed by atoms with van der Waals surface area (Å²) in [5.74, 6) is -1.97. The first kappa shape index (κ1) is 38.1. The number of hydrogen-bond acceptors (Lipinski definition) is 7. The van der Waals surface area contributed by atoms with E-state index >= 15 is 0 Å². The van der Waals surface area contributed by atoms with E-state index < -0.39 is 53.2 Å². The maximum atomic E-state index is 14.4. The molecule has 3 amide bonds. The van der Waals surface area contributed by atoms with E-state index in [-0.39, 0.29) is 24.3 Å². The third kappa shape index (κ3) is 12.4. The van der Waals surface area contributed by atoms with Crippen molar-refractivity contribution in [3.63, 3.8) is 0 Å². The SMILES string of the molecule is CCCCCCN(C(=O)C(C)NC(=O)OC(C)(C)C)C(C(=O)NC(Cc1ccccc1)C(=O)OC(C)(C)C)c1cccc(C)c1O. The van der Waals surface area contributed by atoms with E-state index in [2.05, 4.69) is 17.6 Å². The number of rotatable bonds is 14. The number of carbonyl (C=O) groups excluding carboxylic acids is 4. The first-order valence-electron chi connectivity index (χ1n) is 16.1. The van der Waals surface area contributed by atoms with Crippen molar-refractivity contribution in [1.29, 1.82) is 0 Å². The molecule has 0 radical (unpaired) electrons. The van der Waals surface area contributed by atoms with Crippen LogP contribution in [-0.2, 0) is 30.3 Å². The monoisotopic (exact) mass is 639 g/mol. The third-order valence-corrected chi connectivity index (χ3v) is 7.05. The van der Waals surface area contributed by atoms with Crippen LogP contribution in [0.15, 0.2) is 48.5 Å². The minimum Gasteiger partial charge on any atom is -0.507 e. The minimum absolute atomic E-state index is 0.140. The summed E-state index contributed by atoms with van der Waals surface area (Å²) in [4.78, 5) is 55.9. The smallest absolute Gasteiger partial charge is 0.408 e. The summed E-state index contributed by atoms with van der Waals surface area (Å²) in [7, 11) is 0. The third-order valence-electron chi connectivity index (χ3n) is 7.05. The van der Waals surface area contributed by atoms with Gasteiger partial charge in [-0.2, -0.15) is 0 Å². The van der Waals surface area contributed by atoms with Gasteiger partial charge in [0.25, 0.3) is 0 Å². The fraction of sp³-hybridized carbons (Fsp3) is 0.556. The Kier molecular flexibility index (Phi) is 14.1. The number of phenolic OH excluding ortho intramolecular Hbond substituents is 1. The van der Waals surface area contributed by atoms with Crippen molar-refractivity contribution in [2.75, 3.05) is 6.54 Å². The lowest BCUT2D eigenvalue weighted by atomic mass is 9.98. The fourth-order valence-corrected chi connectivity index (χ4v) is 4.89. The van der Waals surface area contributed by atoms with Gasteiger partial charge < -0.3 is 30.1 Å². The van der Waals surface area contributed by atoms with Gasteiger partial charge in [0.2, 0.25) is 11.8 Å². The normalized spacial score (nSPS) is 13.6. The van der Waals surface area contributed by atoms with Gasteiger partial charge in [-0.15, -0.1) is 0 Å². The quantitative estimate of drug-likeness (QED) is 0.167. The number of para-hydroxylation sites is 1. The molecular weight excluding hydrogens is 586 g/mol. The standard InChI is InChI=1S/C36H53N3O7/c1-10-11-12-16-22-39(32(42)25(3)37-34(44)46-36(7,8)9)29(27-21-17-18-24(2)30(27)40)31(41)38-28(33(43)45-35(4,5)6)23-26-19-14-13-15-20-26/h13-15,17-21,25,28-29,40H,10-12,16,22-23H2,1-9H3,(H,37,44)(H,38,41). The predicted octanol–water partition coefficient (Wildman–Crippen LogP) is 6.13. The lowest BCUT2D eigenvalue weighted by Crippen LogP contribution is -2.54. The van der Waals surface area contributed by atoms with Crippen molar-refractivity contribution >= 4 is 23.9 Å². The van der Waals surface area contributed by atoms with Crippen molar-refractivity contribution in [2.24, 2.45) is 0 Å². The number of aromatic hydroxyl groups is 1. The lowest BCUT2D eigenvalue weighted by Gasteiger charge is -2.35. The summed E-state index contributed by atoms with van der Waals surface area (Å²) in [6.07, 6.45) is 2.65. The summed E-state index contributed by atoms with van der Waals surface area (Å²) < 4.78 is 11.0. The molecule has 2 aromatic rings. The Morgan fingerprint density at radius 3 is 2.07 bits per heavy atom. The molecule has 254 valence electrons. The number of benzene rings is 2. The molecule has 0 heterocycles. The molecular formula is C36H53N3O7. The predicted molar refractivity (Wildman–Crippen MR) is 178 cm³/mol. The van der Waals surface area contributed by atoms with Gasteiger partial charge in [0.1, 0.15) is 35.1 Å². The number of amides is 3. The van der Waals surface area contributed by atoms with Crippen LogP contribution < -0.4 is 10.6 Å². The van der Waals surface area contributed by atoms with Gasteiger partial charge in [0, 0.05) is 18.5 Å². The molecule has 0 aliphatic rings. The van der Waals surface area contributed by atoms with Gasteiger partial charge in [0.15, 0.2) is 0 Å². The molecule has 0 fully saturated rings. The zero-order valence-electron chi connectivity index (χ0n) is 28.9. The highest BCUT2D eigenvalue weighted by molar-refractivity contribution is 5.94. The average molecular weight is 640 g/mol. The summed E-state index contributed by atoms with van der Waals surface area (Å²) in [5, 5.41) is 16.6. The zero-order valence-corrected chi connectivity index (χ0v) is 28.9. The Bertz CT molecular complexity index is 1320. The average Bonchev–Trinajstić information content (AvgIpc) is 2.94. The first-order valence-corrected chi connectivity index (χ1v) is 16.1. The van der Waals surface area contributed by atoms with Crippen molar-refractivity contribution in [1.82, 2.24) is 15.5 Å². The van der Waals surface area contributed by atoms with Gasteiger partial charge in [-0.05, 0) is 72.9 Å². The van der Waals surface area contributed by atoms with E-state index in [1.54, 1.807) is 66.7 Å². The molecule has 0 aliphatic heterocycles. The highest BCUT2D eigenvalue weighted by Gasteiger charge is 2.38. The second kappa shape index (κ2) is 17.0. The highest BCUT2D eigenvalue weighted by Crippen LogP contribution is 2.33. The molecule has 3 N–H and O–H groups in total. The van der Waals surface area contributed by atoms with E-state index in [9.17, 15) is 24.3 Å². The maximum absolute atomic E-state index is 14.4. The second-order valence-electron chi connectivity index (χ2n) is 13.7. The van der Waals surface area contributed by atoms with Crippen LogP contribution in [0.2, 0.25) is 0 Å². The lowest BCUT2D eigenvalue weighted by molar-refractivity contribution is -0.159. The molecule has 0 spiro atoms. The number of unbranched alkanes of at least 4 members (excludes halogenated alkanes) is 3. The summed E-state index contributed by atoms with van der Waals surface area (Å²) >= 11 is 0. The molecule has 2 rings (SSSR count). The van der Waals surface area contributed by atoms with Gasteiger partial charge in [-0.3, -0.25) is 9.59 Å². The van der Waals surface area contributed by atoms with Crippen LogP contribution >= 0.6 is 0 Å². The van der Waals surface area contributed by atoms with Crippen LogP contribution in [0, 0.1) is 6.92 Å². The molecule has 2 aromatic carbocycles. The van der Waals surface area contributed by atoms with E-state index in [1.165, 1.54) is 11.8 Å². The van der Waals surface area contributed by atoms with Crippen LogP contribution in [0.5, 0.6) is 5.75 Å². The number of esters is 1. The largest absolute Gasteiger partial charge is 0.507 e. The van der Waals surface area contributed by atoms with Crippen LogP contribution in [0.25, 0.3) is 0 Å². The number of alkyl carbamates (subject to hydrolysis) is 1. The van der Waals surface area contributed by atoms with E-state index in [1.807, 2.05) is 30.3 Å². The molecule has 0 aromatic heterocycles. The molecule has 3 unspecified atom stereocenters. The molecule has 0 saturated heterocycles. The number of phenols is 1. The van der Waals surface area contributed by atoms with Crippen molar-refractivity contribution < 1.29 is 33.8 Å². The number of nitrogens with one attached hydrogen (secondary N) is 2. The number of hydrogen-bond donors (Lipinski definition) is 3. The highest BCUT2D eigenvalue weighted by atomic mass is 16.6. The van der Waals surface area contributed by atoms with E-state index in [4.69, 9.17) is 9.47 Å². The molecule has 0 aliphatic carbocycles. The number of nitrogens with zero attached hydrogens (tertiary/aromatic N) is 1. The van der Waals surface area contributed by atoms with E-state index in [0.29, 0.717) is 12.0 Å². The Morgan fingerprint density at radius 2 is 1.48 bits per heavy atom. The van der Waals surface area contributed by atoms with Crippen LogP contribution in [0.3, 0.4) is 0 Å². The Morgan fingerprint density at radius 1 is 0.848 bits per heavy atom. The Labute approximate surface area is 274 Å². The van der Waals surface area contributed by atoms with Gasteiger partial charge in [-0.25, -0.2) is 9.59 Å². The van der Waals surface area contributed by atoms with Gasteiger partial charge >= 0.3 is 12.1 Å².